The van der Waals surface area contributed by atoms with E-state index >= 15 is 0 Å². The number of carbonyl (C=O) groups is 5. The molecule has 16 heteroatoms. The van der Waals surface area contributed by atoms with E-state index in [0.29, 0.717) is 0 Å². The number of aliphatic hydroxyl groups excluding tert-OH is 1. The minimum Gasteiger partial charge on any atom is -0.458 e. The molecule has 342 valence electrons. The van der Waals surface area contributed by atoms with Gasteiger partial charge in [-0.3, -0.25) is 0 Å². The Balaban J connectivity index is 1.11. The molecule has 0 aromatic heterocycles. The Labute approximate surface area is 379 Å². The molecule has 0 radical (unpaired) electrons. The average molecular weight is 903 g/mol. The maximum absolute atomic E-state index is 13.9. The van der Waals surface area contributed by atoms with Gasteiger partial charge in [-0.15, -0.1) is 0 Å². The molecule has 5 aromatic carbocycles. The largest absolute Gasteiger partial charge is 0.458 e. The predicted molar refractivity (Wildman–Crippen MR) is 229 cm³/mol. The molecule has 0 bridgehead atoms. The fourth-order valence-electron chi connectivity index (χ4n) is 7.67. The van der Waals surface area contributed by atoms with Crippen molar-refractivity contribution in [1.29, 1.82) is 0 Å². The van der Waals surface area contributed by atoms with Gasteiger partial charge >= 0.3 is 29.8 Å². The Bertz CT molecular complexity index is 2440. The molecule has 0 unspecified atom stereocenters. The van der Waals surface area contributed by atoms with Crippen LogP contribution in [0.1, 0.15) is 65.6 Å². The van der Waals surface area contributed by atoms with Gasteiger partial charge in [-0.2, -0.15) is 0 Å². The standard InChI is InChI=1S/C50H46O16/c1-50(2)65-42-39(60-45(54)32-22-12-5-13-23-32)37(63-49(42)66-50)35(51)28-58-48-41(62-47(56)34-26-16-7-17-27-34)40(61-46(55)33-24-14-6-15-25-33)38(64-48)36(59-44(53)31-20-10-4-11-21-31)29-57-43(52)30-18-8-3-9-19-30/h3-27,35-42,48-49,51H,28-29H2,1-2H3/t35-,36-,37+,38+,39+,40+,41-,42-,48-,49-/m1/s1. The third kappa shape index (κ3) is 10.8. The highest BCUT2D eigenvalue weighted by Gasteiger charge is 2.59. The second-order valence-electron chi connectivity index (χ2n) is 15.9. The molecule has 3 fully saturated rings. The van der Waals surface area contributed by atoms with Crippen molar-refractivity contribution in [2.45, 2.75) is 81.0 Å². The monoisotopic (exact) mass is 902 g/mol. The highest BCUT2D eigenvalue weighted by atomic mass is 16.8. The van der Waals surface area contributed by atoms with E-state index in [1.807, 2.05) is 0 Å². The lowest BCUT2D eigenvalue weighted by atomic mass is 10.0. The Kier molecular flexibility index (Phi) is 14.3. The topological polar surface area (TPSA) is 198 Å². The van der Waals surface area contributed by atoms with Gasteiger partial charge in [-0.1, -0.05) is 91.0 Å². The van der Waals surface area contributed by atoms with E-state index in [1.165, 1.54) is 48.5 Å². The summed E-state index contributed by atoms with van der Waals surface area (Å²) in [5, 5.41) is 11.8. The maximum Gasteiger partial charge on any atom is 0.338 e. The highest BCUT2D eigenvalue weighted by Crippen LogP contribution is 2.41. The van der Waals surface area contributed by atoms with Crippen LogP contribution in [0.5, 0.6) is 0 Å². The van der Waals surface area contributed by atoms with Crippen LogP contribution in [0.4, 0.5) is 0 Å². The molecule has 0 spiro atoms. The van der Waals surface area contributed by atoms with E-state index in [9.17, 15) is 29.1 Å². The number of ether oxygens (including phenoxy) is 10. The second kappa shape index (κ2) is 20.6. The summed E-state index contributed by atoms with van der Waals surface area (Å²) >= 11 is 0. The number of rotatable bonds is 16. The van der Waals surface area contributed by atoms with Crippen molar-refractivity contribution in [2.24, 2.45) is 0 Å². The second-order valence-corrected chi connectivity index (χ2v) is 15.9. The molecule has 3 heterocycles. The Morgan fingerprint density at radius 1 is 0.515 bits per heavy atom. The lowest BCUT2D eigenvalue weighted by Gasteiger charge is -2.29. The quantitative estimate of drug-likeness (QED) is 0.0931. The van der Waals surface area contributed by atoms with Crippen LogP contribution in [0.2, 0.25) is 0 Å². The third-order valence-corrected chi connectivity index (χ3v) is 10.8. The molecule has 3 aliphatic heterocycles. The zero-order chi connectivity index (χ0) is 46.2. The van der Waals surface area contributed by atoms with Crippen LogP contribution in [0, 0.1) is 0 Å². The third-order valence-electron chi connectivity index (χ3n) is 10.8. The van der Waals surface area contributed by atoms with E-state index in [1.54, 1.807) is 117 Å². The average Bonchev–Trinajstić information content (AvgIpc) is 3.96. The zero-order valence-corrected chi connectivity index (χ0v) is 35.7. The molecule has 10 atom stereocenters. The molecular formula is C50H46O16. The molecular weight excluding hydrogens is 857 g/mol. The van der Waals surface area contributed by atoms with Gasteiger partial charge in [-0.25, -0.2) is 24.0 Å². The van der Waals surface area contributed by atoms with Gasteiger partial charge in [0.2, 0.25) is 0 Å². The van der Waals surface area contributed by atoms with Crippen molar-refractivity contribution in [3.8, 4) is 0 Å². The summed E-state index contributed by atoms with van der Waals surface area (Å²) in [5.41, 5.74) is 0.806. The summed E-state index contributed by atoms with van der Waals surface area (Å²) in [6, 6.07) is 40.2. The number of benzene rings is 5. The predicted octanol–water partition coefficient (Wildman–Crippen LogP) is 5.72. The van der Waals surface area contributed by atoms with Gasteiger partial charge < -0.3 is 52.5 Å². The summed E-state index contributed by atoms with van der Waals surface area (Å²) in [6.45, 7) is 2.07. The van der Waals surface area contributed by atoms with Crippen LogP contribution in [0.25, 0.3) is 0 Å². The Hall–Kier alpha value is -6.79. The first-order chi connectivity index (χ1) is 31.9. The van der Waals surface area contributed by atoms with Crippen molar-refractivity contribution >= 4 is 29.8 Å². The number of esters is 5. The minimum absolute atomic E-state index is 0.116. The molecule has 1 N–H and O–H groups in total. The lowest BCUT2D eigenvalue weighted by molar-refractivity contribution is -0.237. The Morgan fingerprint density at radius 2 is 0.939 bits per heavy atom. The van der Waals surface area contributed by atoms with Crippen molar-refractivity contribution in [3.63, 3.8) is 0 Å². The summed E-state index contributed by atoms with van der Waals surface area (Å²) in [7, 11) is 0. The van der Waals surface area contributed by atoms with Crippen molar-refractivity contribution < 1.29 is 76.4 Å². The molecule has 0 saturated carbocycles. The van der Waals surface area contributed by atoms with Gasteiger partial charge in [0.1, 0.15) is 24.9 Å². The van der Waals surface area contributed by atoms with Crippen LogP contribution < -0.4 is 0 Å². The van der Waals surface area contributed by atoms with Gasteiger partial charge in [0.05, 0.1) is 34.4 Å². The van der Waals surface area contributed by atoms with Gasteiger partial charge in [0, 0.05) is 0 Å². The fourth-order valence-corrected chi connectivity index (χ4v) is 7.67. The van der Waals surface area contributed by atoms with Gasteiger partial charge in [0.15, 0.2) is 48.9 Å². The molecule has 16 nitrogen and oxygen atoms in total. The molecule has 0 aliphatic carbocycles. The van der Waals surface area contributed by atoms with Crippen LogP contribution >= 0.6 is 0 Å². The van der Waals surface area contributed by atoms with E-state index < -0.39 is 110 Å². The minimum atomic E-state index is -1.66. The molecule has 5 aromatic rings. The molecule has 3 saturated heterocycles. The van der Waals surface area contributed by atoms with E-state index in [4.69, 9.17) is 47.4 Å². The number of carbonyl (C=O) groups excluding carboxylic acids is 5. The van der Waals surface area contributed by atoms with Crippen molar-refractivity contribution in [1.82, 2.24) is 0 Å². The molecule has 3 aliphatic rings. The first-order valence-electron chi connectivity index (χ1n) is 21.2. The van der Waals surface area contributed by atoms with Crippen molar-refractivity contribution in [3.05, 3.63) is 179 Å². The maximum atomic E-state index is 13.9. The summed E-state index contributed by atoms with van der Waals surface area (Å²) in [4.78, 5) is 68.2. The van der Waals surface area contributed by atoms with Gasteiger partial charge in [-0.05, 0) is 74.5 Å². The lowest BCUT2D eigenvalue weighted by Crippen LogP contribution is -2.48. The Morgan fingerprint density at radius 3 is 1.42 bits per heavy atom. The number of hydrogen-bond acceptors (Lipinski definition) is 16. The summed E-state index contributed by atoms with van der Waals surface area (Å²) < 4.78 is 60.4. The molecule has 8 rings (SSSR count). The SMILES string of the molecule is CC1(C)O[C@H]2O[C@@H]([C@H](O)CO[C@@H]3O[C@@H]([C@@H](COC(=O)c4ccccc4)OC(=O)c4ccccc4)[C@H](OC(=O)c4ccccc4)[C@H]3OC(=O)c3ccccc3)[C@H](OC(=O)c3ccccc3)[C@H]2O1. The molecule has 0 amide bonds. The van der Waals surface area contributed by atoms with E-state index in [0.717, 1.165) is 0 Å². The smallest absolute Gasteiger partial charge is 0.338 e. The number of hydrogen-bond donors (Lipinski definition) is 1. The summed E-state index contributed by atoms with van der Waals surface area (Å²) in [6.07, 6.45) is -14.0. The first kappa shape index (κ1) is 45.8. The number of aliphatic hydroxyl groups is 1. The zero-order valence-electron chi connectivity index (χ0n) is 35.7. The van der Waals surface area contributed by atoms with Crippen LogP contribution in [-0.2, 0) is 47.4 Å². The van der Waals surface area contributed by atoms with Crippen LogP contribution in [0.3, 0.4) is 0 Å². The molecule has 66 heavy (non-hydrogen) atoms. The first-order valence-corrected chi connectivity index (χ1v) is 21.2. The van der Waals surface area contributed by atoms with E-state index in [-0.39, 0.29) is 27.8 Å². The van der Waals surface area contributed by atoms with Crippen LogP contribution in [0.15, 0.2) is 152 Å². The van der Waals surface area contributed by atoms with Crippen molar-refractivity contribution in [2.75, 3.05) is 13.2 Å². The summed E-state index contributed by atoms with van der Waals surface area (Å²) in [5.74, 6) is -5.18. The van der Waals surface area contributed by atoms with E-state index in [2.05, 4.69) is 0 Å². The van der Waals surface area contributed by atoms with Gasteiger partial charge in [0.25, 0.3) is 0 Å². The number of fused-ring (bicyclic) bond motifs is 1. The highest BCUT2D eigenvalue weighted by molar-refractivity contribution is 5.92. The fraction of sp³-hybridized carbons (Fsp3) is 0.300. The normalized spacial score (nSPS) is 24.8. The van der Waals surface area contributed by atoms with Crippen LogP contribution in [-0.4, -0.2) is 115 Å².